The van der Waals surface area contributed by atoms with Gasteiger partial charge in [0.2, 0.25) is 5.88 Å². The molecule has 3 aliphatic rings. The van der Waals surface area contributed by atoms with E-state index in [0.29, 0.717) is 30.8 Å². The Morgan fingerprint density at radius 3 is 1.53 bits per heavy atom. The van der Waals surface area contributed by atoms with E-state index < -0.39 is 70.1 Å². The van der Waals surface area contributed by atoms with Gasteiger partial charge in [-0.25, -0.2) is 14.6 Å². The van der Waals surface area contributed by atoms with Gasteiger partial charge in [-0.2, -0.15) is 64.8 Å². The maximum absolute atomic E-state index is 12.4. The average Bonchev–Trinajstić information content (AvgIpc) is 3.02. The van der Waals surface area contributed by atoms with Gasteiger partial charge in [0.1, 0.15) is 11.2 Å². The molecule has 0 saturated carbocycles. The van der Waals surface area contributed by atoms with E-state index in [1.165, 1.54) is 16.5 Å². The van der Waals surface area contributed by atoms with Gasteiger partial charge in [0.15, 0.2) is 5.78 Å². The molecule has 3 heterocycles. The van der Waals surface area contributed by atoms with Gasteiger partial charge < -0.3 is 23.5 Å². The lowest BCUT2D eigenvalue weighted by Crippen LogP contribution is -2.43. The van der Waals surface area contributed by atoms with E-state index >= 15 is 0 Å². The van der Waals surface area contributed by atoms with Crippen molar-refractivity contribution >= 4 is 48.3 Å². The molecule has 0 radical (unpaired) electrons. The van der Waals surface area contributed by atoms with Gasteiger partial charge >= 0.3 is 59.1 Å². The first kappa shape index (κ1) is 52.0. The van der Waals surface area contributed by atoms with Crippen LogP contribution in [0, 0.1) is 5.92 Å². The van der Waals surface area contributed by atoms with Crippen LogP contribution in [-0.2, 0) is 54.8 Å². The molecule has 0 aromatic carbocycles. The number of fused-ring (bicyclic) bond motifs is 1. The van der Waals surface area contributed by atoms with Crippen LogP contribution >= 0.6 is 0 Å². The fourth-order valence-corrected chi connectivity index (χ4v) is 7.05. The van der Waals surface area contributed by atoms with Gasteiger partial charge in [0.05, 0.1) is 12.2 Å². The Morgan fingerprint density at radius 2 is 1.10 bits per heavy atom. The number of hydrogen-bond acceptors (Lipinski definition) is 14. The summed E-state index contributed by atoms with van der Waals surface area (Å²) in [6.07, 6.45) is 3.14. The first-order valence-electron chi connectivity index (χ1n) is 16.9. The minimum Gasteiger partial charge on any atom is -0.444 e. The van der Waals surface area contributed by atoms with Crippen molar-refractivity contribution in [2.45, 2.75) is 102 Å². The van der Waals surface area contributed by atoms with Crippen LogP contribution in [0.1, 0.15) is 79.0 Å². The van der Waals surface area contributed by atoms with Gasteiger partial charge in [-0.05, 0) is 70.7 Å². The maximum atomic E-state index is 12.4. The number of amides is 2. The number of ether oxygens (including phenoxy) is 2. The second-order valence-corrected chi connectivity index (χ2v) is 19.9. The molecule has 28 heteroatoms. The highest BCUT2D eigenvalue weighted by molar-refractivity contribution is 8.00. The number of rotatable bonds is 4. The second kappa shape index (κ2) is 18.0. The molecule has 0 fully saturated rings. The Hall–Kier alpha value is -4.18. The van der Waals surface area contributed by atoms with Crippen molar-refractivity contribution in [3.8, 4) is 5.88 Å². The lowest BCUT2D eigenvalue weighted by atomic mass is 9.84. The van der Waals surface area contributed by atoms with Crippen LogP contribution in [0.2, 0.25) is 0 Å². The number of hydrogen-bond donors (Lipinski definition) is 0. The SMILES string of the molecule is CC1CN(C(=O)OC(C)(C)C)CC2=C1CC(=O)C=C2.CC1CN(C(=O)OC(C)(C)C)Cc2ccc(OS(=O)(=O)C(F)(F)F)nc21.O=S(=O)(OS(=O)(=O)C(F)(F)F)C(F)(F)F. The summed E-state index contributed by atoms with van der Waals surface area (Å²) in [6, 6.07) is 2.41. The van der Waals surface area contributed by atoms with Crippen molar-refractivity contribution in [1.82, 2.24) is 14.8 Å². The Bertz CT molecular complexity index is 2150. The second-order valence-electron chi connectivity index (χ2n) is 15.1. The highest BCUT2D eigenvalue weighted by atomic mass is 32.3. The summed E-state index contributed by atoms with van der Waals surface area (Å²) < 4.78 is 184. The van der Waals surface area contributed by atoms with Crippen molar-refractivity contribution in [3.05, 3.63) is 46.7 Å². The van der Waals surface area contributed by atoms with E-state index in [-0.39, 0.29) is 36.8 Å². The van der Waals surface area contributed by atoms with E-state index in [2.05, 4.69) is 16.1 Å². The van der Waals surface area contributed by atoms with Crippen LogP contribution in [0.15, 0.2) is 35.4 Å². The Balaban J connectivity index is 0.000000324. The summed E-state index contributed by atoms with van der Waals surface area (Å²) in [4.78, 5) is 42.8. The van der Waals surface area contributed by atoms with E-state index in [1.54, 1.807) is 38.7 Å². The number of allylic oxidation sites excluding steroid dienone is 1. The zero-order chi connectivity index (χ0) is 46.8. The number of carbonyl (C=O) groups excluding carboxylic acids is 3. The van der Waals surface area contributed by atoms with E-state index in [0.717, 1.165) is 11.6 Å². The Kier molecular flexibility index (Phi) is 15.6. The largest absolute Gasteiger partial charge is 0.534 e. The predicted molar refractivity (Wildman–Crippen MR) is 189 cm³/mol. The normalized spacial score (nSPS) is 19.2. The quantitative estimate of drug-likeness (QED) is 0.178. The molecule has 0 spiro atoms. The standard InChI is InChI=1S/C15H19F3N2O5S.C15H21NO3.C2F6O5S2/c1-9-7-20(13(21)24-14(2,3)4)8-10-5-6-11(19-12(9)10)25-26(22,23)15(16,17)18;1-10-8-16(14(18)19-15(2,3)4)9-11-5-6-12(17)7-13(10)11;3-1(4,5)14(9,10)13-15(11,12)2(6,7)8/h5-6,9H,7-8H2,1-4H3;5-6,10H,7-9H2,1-4H3;. The molecule has 2 atom stereocenters. The van der Waals surface area contributed by atoms with Crippen molar-refractivity contribution in [1.29, 1.82) is 0 Å². The molecule has 2 unspecified atom stereocenters. The first-order valence-corrected chi connectivity index (χ1v) is 21.1. The van der Waals surface area contributed by atoms with Crippen molar-refractivity contribution in [2.24, 2.45) is 5.92 Å². The number of halogens is 9. The number of aromatic nitrogens is 1. The van der Waals surface area contributed by atoms with Gasteiger partial charge in [-0.15, -0.1) is 3.63 Å². The smallest absolute Gasteiger partial charge is 0.444 e. The van der Waals surface area contributed by atoms with Crippen molar-refractivity contribution in [2.75, 3.05) is 19.6 Å². The summed E-state index contributed by atoms with van der Waals surface area (Å²) in [5.74, 6) is -0.650. The van der Waals surface area contributed by atoms with Gasteiger partial charge in [0, 0.05) is 38.0 Å². The molecule has 16 nitrogen and oxygen atoms in total. The molecule has 0 saturated heterocycles. The summed E-state index contributed by atoms with van der Waals surface area (Å²) >= 11 is 0. The molecule has 60 heavy (non-hydrogen) atoms. The summed E-state index contributed by atoms with van der Waals surface area (Å²) in [5.41, 5.74) is -16.0. The molecule has 2 amide bonds. The van der Waals surface area contributed by atoms with Crippen LogP contribution < -0.4 is 4.18 Å². The number of alkyl halides is 9. The zero-order valence-corrected chi connectivity index (χ0v) is 35.2. The molecule has 1 aromatic heterocycles. The predicted octanol–water partition coefficient (Wildman–Crippen LogP) is 6.57. The molecular weight excluding hydrogens is 902 g/mol. The fourth-order valence-electron chi connectivity index (χ4n) is 5.08. The monoisotopic (exact) mass is 941 g/mol. The molecule has 4 rings (SSSR count). The molecule has 1 aliphatic carbocycles. The van der Waals surface area contributed by atoms with E-state index in [4.69, 9.17) is 9.47 Å². The van der Waals surface area contributed by atoms with Crippen molar-refractivity contribution < 1.29 is 96.4 Å². The number of ketones is 1. The Morgan fingerprint density at radius 1 is 0.667 bits per heavy atom. The minimum atomic E-state index is -6.85. The third-order valence-corrected chi connectivity index (χ3v) is 11.1. The maximum Gasteiger partial charge on any atom is 0.534 e. The highest BCUT2D eigenvalue weighted by Gasteiger charge is 2.57. The lowest BCUT2D eigenvalue weighted by molar-refractivity contribution is -0.114. The van der Waals surface area contributed by atoms with Crippen LogP contribution in [0.5, 0.6) is 5.88 Å². The van der Waals surface area contributed by atoms with Crippen LogP contribution in [-0.4, -0.2) is 105 Å². The van der Waals surface area contributed by atoms with Crippen LogP contribution in [0.4, 0.5) is 49.1 Å². The topological polar surface area (TPSA) is 210 Å². The van der Waals surface area contributed by atoms with Gasteiger partial charge in [0.25, 0.3) is 0 Å². The fraction of sp³-hybridized carbons (Fsp3) is 0.625. The number of pyridine rings is 1. The highest BCUT2D eigenvalue weighted by Crippen LogP contribution is 2.34. The Labute approximate surface area is 339 Å². The lowest BCUT2D eigenvalue weighted by Gasteiger charge is -2.36. The van der Waals surface area contributed by atoms with Crippen molar-refractivity contribution in [3.63, 3.8) is 0 Å². The average molecular weight is 942 g/mol. The molecule has 0 bridgehead atoms. The molecule has 2 aliphatic heterocycles. The first-order chi connectivity index (χ1) is 26.7. The molecule has 0 N–H and O–H groups in total. The zero-order valence-electron chi connectivity index (χ0n) is 32.8. The molecule has 1 aromatic rings. The van der Waals surface area contributed by atoms with E-state index in [9.17, 15) is 79.2 Å². The number of nitrogens with zero attached hydrogens (tertiary/aromatic N) is 3. The minimum absolute atomic E-state index is 0.147. The third-order valence-electron chi connectivity index (χ3n) is 7.53. The molecular formula is C32H40F9N3O13S3. The summed E-state index contributed by atoms with van der Waals surface area (Å²) in [7, 11) is -19.5. The van der Waals surface area contributed by atoms with Crippen LogP contribution in [0.3, 0.4) is 0 Å². The summed E-state index contributed by atoms with van der Waals surface area (Å²) in [6.45, 7) is 16.1. The molecule has 342 valence electrons. The number of carbonyl (C=O) groups is 3. The van der Waals surface area contributed by atoms with Crippen LogP contribution in [0.25, 0.3) is 0 Å². The summed E-state index contributed by atoms with van der Waals surface area (Å²) in [5, 5.41) is 0. The van der Waals surface area contributed by atoms with Gasteiger partial charge in [-0.1, -0.05) is 25.5 Å². The van der Waals surface area contributed by atoms with Gasteiger partial charge in [-0.3, -0.25) is 4.79 Å². The van der Waals surface area contributed by atoms with E-state index in [1.807, 2.05) is 30.5 Å². The third kappa shape index (κ3) is 14.5.